The number of aromatic nitrogens is 2. The molecule has 0 bridgehead atoms. The van der Waals surface area contributed by atoms with E-state index >= 15 is 0 Å². The van der Waals surface area contributed by atoms with Gasteiger partial charge in [0.05, 0.1) is 23.6 Å². The number of pyridine rings is 2. The van der Waals surface area contributed by atoms with Crippen LogP contribution in [0.2, 0.25) is 0 Å². The first kappa shape index (κ1) is 47.2. The number of benzene rings is 2. The van der Waals surface area contributed by atoms with Gasteiger partial charge in [-0.05, 0) is 109 Å². The second-order valence-electron chi connectivity index (χ2n) is 19.5. The zero-order valence-corrected chi connectivity index (χ0v) is 39.2. The minimum Gasteiger partial charge on any atom is -0.365 e. The molecule has 6 rings (SSSR count). The van der Waals surface area contributed by atoms with Gasteiger partial charge >= 0.3 is 0 Å². The van der Waals surface area contributed by atoms with Crippen LogP contribution in [-0.2, 0) is 17.6 Å². The van der Waals surface area contributed by atoms with Gasteiger partial charge < -0.3 is 4.74 Å². The summed E-state index contributed by atoms with van der Waals surface area (Å²) in [6.07, 6.45) is 38.3. The van der Waals surface area contributed by atoms with Crippen molar-refractivity contribution in [2.75, 3.05) is 0 Å². The van der Waals surface area contributed by atoms with E-state index in [2.05, 4.69) is 113 Å². The molecule has 2 fully saturated rings. The van der Waals surface area contributed by atoms with Crippen molar-refractivity contribution >= 4 is 0 Å². The average Bonchev–Trinajstić information content (AvgIpc) is 3.31. The van der Waals surface area contributed by atoms with Gasteiger partial charge in [0.1, 0.15) is 0 Å². The highest BCUT2D eigenvalue weighted by molar-refractivity contribution is 5.60. The zero-order valence-electron chi connectivity index (χ0n) is 39.2. The fraction of sp³-hybridized carbons (Fsp3) is 0.621. The quantitative estimate of drug-likeness (QED) is 0.0592. The van der Waals surface area contributed by atoms with Crippen LogP contribution in [0.15, 0.2) is 85.2 Å². The number of hydrogen-bond acceptors (Lipinski definition) is 3. The smallest absolute Gasteiger partial charge is 0.0861 e. The average molecular weight is 825 g/mol. The van der Waals surface area contributed by atoms with E-state index in [0.29, 0.717) is 11.8 Å². The molecule has 2 aliphatic rings. The molecule has 3 nitrogen and oxygen atoms in total. The summed E-state index contributed by atoms with van der Waals surface area (Å²) in [5, 5.41) is 0. The first-order valence-corrected chi connectivity index (χ1v) is 25.8. The summed E-state index contributed by atoms with van der Waals surface area (Å²) in [4.78, 5) is 9.89. The van der Waals surface area contributed by atoms with Crippen molar-refractivity contribution in [2.24, 2.45) is 23.7 Å². The summed E-state index contributed by atoms with van der Waals surface area (Å²) < 4.78 is 7.77. The van der Waals surface area contributed by atoms with Crippen molar-refractivity contribution in [3.8, 4) is 22.5 Å². The van der Waals surface area contributed by atoms with Gasteiger partial charge in [-0.1, -0.05) is 204 Å². The predicted octanol–water partition coefficient (Wildman–Crippen LogP) is 17.6. The molecule has 0 N–H and O–H groups in total. The lowest BCUT2D eigenvalue weighted by Crippen LogP contribution is -2.28. The van der Waals surface area contributed by atoms with Crippen LogP contribution in [0.25, 0.3) is 22.5 Å². The number of rotatable bonds is 26. The van der Waals surface area contributed by atoms with E-state index < -0.39 is 0 Å². The van der Waals surface area contributed by atoms with Crippen molar-refractivity contribution in [1.82, 2.24) is 9.97 Å². The van der Waals surface area contributed by atoms with Gasteiger partial charge in [0, 0.05) is 23.5 Å². The number of nitrogens with zero attached hydrogens (tertiary/aromatic N) is 2. The molecule has 0 aliphatic heterocycles. The molecule has 0 spiro atoms. The van der Waals surface area contributed by atoms with Crippen molar-refractivity contribution in [2.45, 2.75) is 207 Å². The van der Waals surface area contributed by atoms with E-state index in [1.807, 2.05) is 0 Å². The van der Waals surface area contributed by atoms with Crippen molar-refractivity contribution in [3.05, 3.63) is 107 Å². The molecule has 4 aromatic rings. The van der Waals surface area contributed by atoms with Crippen molar-refractivity contribution < 1.29 is 4.74 Å². The first-order valence-electron chi connectivity index (χ1n) is 25.8. The molecule has 332 valence electrons. The van der Waals surface area contributed by atoms with Gasteiger partial charge in [-0.25, -0.2) is 0 Å². The molecule has 2 aromatic carbocycles. The fourth-order valence-electron chi connectivity index (χ4n) is 10.7. The third-order valence-corrected chi connectivity index (χ3v) is 14.7. The molecule has 2 aliphatic carbocycles. The molecule has 0 saturated heterocycles. The highest BCUT2D eigenvalue weighted by Gasteiger charge is 2.36. The molecule has 2 atom stereocenters. The van der Waals surface area contributed by atoms with Gasteiger partial charge in [0.2, 0.25) is 0 Å². The number of unbranched alkanes of at least 4 members (excludes halogenated alkanes) is 10. The van der Waals surface area contributed by atoms with Crippen LogP contribution in [0, 0.1) is 23.7 Å². The van der Waals surface area contributed by atoms with Gasteiger partial charge in [0.25, 0.3) is 0 Å². The summed E-state index contributed by atoms with van der Waals surface area (Å²) in [5.41, 5.74) is 9.94. The Bertz CT molecular complexity index is 1600. The Kier molecular flexibility index (Phi) is 20.4. The molecule has 2 heterocycles. The van der Waals surface area contributed by atoms with E-state index in [1.165, 1.54) is 187 Å². The molecule has 2 aromatic heterocycles. The lowest BCUT2D eigenvalue weighted by atomic mass is 9.74. The molecular formula is C58H84N2O. The van der Waals surface area contributed by atoms with Crippen LogP contribution in [-0.4, -0.2) is 9.97 Å². The van der Waals surface area contributed by atoms with Crippen LogP contribution in [0.3, 0.4) is 0 Å². The van der Waals surface area contributed by atoms with Crippen LogP contribution < -0.4 is 0 Å². The number of hydrogen-bond donors (Lipinski definition) is 0. The maximum Gasteiger partial charge on any atom is 0.0861 e. The van der Waals surface area contributed by atoms with E-state index in [1.54, 1.807) is 0 Å². The Morgan fingerprint density at radius 1 is 0.426 bits per heavy atom. The first-order chi connectivity index (χ1) is 30.1. The third kappa shape index (κ3) is 14.9. The molecule has 0 amide bonds. The maximum absolute atomic E-state index is 7.77. The van der Waals surface area contributed by atoms with Crippen molar-refractivity contribution in [1.29, 1.82) is 0 Å². The lowest BCUT2D eigenvalue weighted by molar-refractivity contribution is -0.0907. The van der Waals surface area contributed by atoms with Crippen LogP contribution in [0.4, 0.5) is 0 Å². The SMILES string of the molecule is CCCCCCc1ccc(-c2ccc(C(OC(c3ccc(-c4ccc(CCCCCC)cn4)cc3)C3CCC(CCCCC)CC3)C3CCC(CCCCC)CC3)cc2)nc1. The topological polar surface area (TPSA) is 35.0 Å². The van der Waals surface area contributed by atoms with E-state index in [4.69, 9.17) is 14.7 Å². The third-order valence-electron chi connectivity index (χ3n) is 14.7. The maximum atomic E-state index is 7.77. The number of aryl methyl sites for hydroxylation is 2. The van der Waals surface area contributed by atoms with Crippen LogP contribution in [0.1, 0.15) is 216 Å². The summed E-state index contributed by atoms with van der Waals surface area (Å²) >= 11 is 0. The normalized spacial score (nSPS) is 20.4. The van der Waals surface area contributed by atoms with E-state index in [0.717, 1.165) is 36.1 Å². The Morgan fingerprint density at radius 2 is 0.803 bits per heavy atom. The van der Waals surface area contributed by atoms with Crippen LogP contribution >= 0.6 is 0 Å². The number of ether oxygens (including phenoxy) is 1. The molecule has 0 radical (unpaired) electrons. The van der Waals surface area contributed by atoms with Gasteiger partial charge in [-0.3, -0.25) is 9.97 Å². The largest absolute Gasteiger partial charge is 0.365 e. The Balaban J connectivity index is 1.23. The second-order valence-corrected chi connectivity index (χ2v) is 19.5. The van der Waals surface area contributed by atoms with Crippen LogP contribution in [0.5, 0.6) is 0 Å². The lowest BCUT2D eigenvalue weighted by Gasteiger charge is -2.40. The molecule has 3 heteroatoms. The molecule has 2 saturated carbocycles. The van der Waals surface area contributed by atoms with Gasteiger partial charge in [-0.15, -0.1) is 0 Å². The minimum absolute atomic E-state index is 0.0857. The van der Waals surface area contributed by atoms with Gasteiger partial charge in [0.15, 0.2) is 0 Å². The molecule has 2 unspecified atom stereocenters. The summed E-state index contributed by atoms with van der Waals surface area (Å²) in [5.74, 6) is 2.83. The zero-order chi connectivity index (χ0) is 42.5. The summed E-state index contributed by atoms with van der Waals surface area (Å²) in [6, 6.07) is 27.9. The fourth-order valence-corrected chi connectivity index (χ4v) is 10.7. The minimum atomic E-state index is 0.0857. The van der Waals surface area contributed by atoms with E-state index in [9.17, 15) is 0 Å². The second kappa shape index (κ2) is 26.4. The molecule has 61 heavy (non-hydrogen) atoms. The van der Waals surface area contributed by atoms with Crippen molar-refractivity contribution in [3.63, 3.8) is 0 Å². The summed E-state index contributed by atoms with van der Waals surface area (Å²) in [7, 11) is 0. The predicted molar refractivity (Wildman–Crippen MR) is 261 cm³/mol. The molecular weight excluding hydrogens is 741 g/mol. The Labute approximate surface area is 373 Å². The highest BCUT2D eigenvalue weighted by Crippen LogP contribution is 2.47. The highest BCUT2D eigenvalue weighted by atomic mass is 16.5. The van der Waals surface area contributed by atoms with E-state index in [-0.39, 0.29) is 12.2 Å². The standard InChI is InChI=1S/C58H84N2O/c1-5-9-13-17-21-47-27-41-55(59-43-47)49-33-37-53(38-34-49)57(51-29-23-45(24-30-51)19-15-11-7-3)61-58(52-31-25-46(26-32-52)20-16-12-8-4)54-39-35-50(36-40-54)56-42-28-48(44-60-56)22-18-14-10-6-2/h27-28,33-46,51-52,57-58H,5-26,29-32H2,1-4H3. The summed E-state index contributed by atoms with van der Waals surface area (Å²) in [6.45, 7) is 9.22. The van der Waals surface area contributed by atoms with Gasteiger partial charge in [-0.2, -0.15) is 0 Å². The Morgan fingerprint density at radius 3 is 1.15 bits per heavy atom. The monoisotopic (exact) mass is 825 g/mol. The Hall–Kier alpha value is -3.30.